The highest BCUT2D eigenvalue weighted by atomic mass is 16.2. The van der Waals surface area contributed by atoms with Gasteiger partial charge in [0.05, 0.1) is 12.6 Å². The van der Waals surface area contributed by atoms with Crippen molar-refractivity contribution in [2.75, 3.05) is 0 Å². The molecule has 3 aromatic rings. The van der Waals surface area contributed by atoms with Crippen LogP contribution in [0.15, 0.2) is 84.9 Å². The molecule has 1 aliphatic rings. The van der Waals surface area contributed by atoms with E-state index in [-0.39, 0.29) is 43.1 Å². The van der Waals surface area contributed by atoms with Gasteiger partial charge >= 0.3 is 0 Å². The summed E-state index contributed by atoms with van der Waals surface area (Å²) in [4.78, 5) is 38.0. The number of nitrogens with zero attached hydrogens (tertiary/aromatic N) is 1. The van der Waals surface area contributed by atoms with Crippen LogP contribution < -0.4 is 5.32 Å². The van der Waals surface area contributed by atoms with Crippen molar-refractivity contribution in [1.82, 2.24) is 10.2 Å². The lowest BCUT2D eigenvalue weighted by Crippen LogP contribution is -2.29. The van der Waals surface area contributed by atoms with Gasteiger partial charge in [-0.05, 0) is 48.1 Å². The minimum atomic E-state index is -0.136. The summed E-state index contributed by atoms with van der Waals surface area (Å²) in [5, 5.41) is 3.18. The van der Waals surface area contributed by atoms with Crippen molar-refractivity contribution in [2.45, 2.75) is 44.7 Å². The smallest absolute Gasteiger partial charge is 0.251 e. The van der Waals surface area contributed by atoms with Crippen LogP contribution >= 0.6 is 0 Å². The molecule has 0 bridgehead atoms. The molecule has 168 valence electrons. The third kappa shape index (κ3) is 5.95. The first-order valence-corrected chi connectivity index (χ1v) is 11.4. The molecule has 5 nitrogen and oxygen atoms in total. The van der Waals surface area contributed by atoms with Gasteiger partial charge in [0, 0.05) is 18.4 Å². The number of hydrogen-bond donors (Lipinski definition) is 1. The van der Waals surface area contributed by atoms with E-state index in [1.807, 2.05) is 48.5 Å². The second kappa shape index (κ2) is 10.7. The van der Waals surface area contributed by atoms with E-state index in [0.717, 1.165) is 30.4 Å². The number of likely N-dealkylation sites (tertiary alicyclic amines) is 1. The van der Waals surface area contributed by atoms with Gasteiger partial charge < -0.3 is 5.32 Å². The number of imide groups is 1. The van der Waals surface area contributed by atoms with E-state index in [1.165, 1.54) is 10.5 Å². The average Bonchev–Trinajstić information content (AvgIpc) is 3.17. The molecule has 0 spiro atoms. The fraction of sp³-hybridized carbons (Fsp3) is 0.250. The molecule has 1 atom stereocenters. The lowest BCUT2D eigenvalue weighted by molar-refractivity contribution is -0.139. The van der Waals surface area contributed by atoms with Crippen molar-refractivity contribution >= 4 is 17.7 Å². The molecule has 1 fully saturated rings. The van der Waals surface area contributed by atoms with Crippen LogP contribution in [0.1, 0.15) is 58.8 Å². The molecule has 0 aliphatic carbocycles. The summed E-state index contributed by atoms with van der Waals surface area (Å²) in [6, 6.07) is 27.4. The molecule has 0 radical (unpaired) electrons. The van der Waals surface area contributed by atoms with Crippen LogP contribution in [0.4, 0.5) is 0 Å². The second-order valence-electron chi connectivity index (χ2n) is 8.39. The van der Waals surface area contributed by atoms with Crippen LogP contribution in [0.3, 0.4) is 0 Å². The first-order chi connectivity index (χ1) is 16.1. The second-order valence-corrected chi connectivity index (χ2v) is 8.39. The highest BCUT2D eigenvalue weighted by Crippen LogP contribution is 2.21. The summed E-state index contributed by atoms with van der Waals surface area (Å²) in [6.07, 6.45) is 3.32. The summed E-state index contributed by atoms with van der Waals surface area (Å²) in [5.74, 6) is -0.408. The largest absolute Gasteiger partial charge is 0.345 e. The molecule has 0 saturated carbocycles. The van der Waals surface area contributed by atoms with Crippen molar-refractivity contribution in [2.24, 2.45) is 0 Å². The summed E-state index contributed by atoms with van der Waals surface area (Å²) >= 11 is 0. The lowest BCUT2D eigenvalue weighted by Gasteiger charge is -2.20. The van der Waals surface area contributed by atoms with Crippen LogP contribution in [-0.4, -0.2) is 22.6 Å². The summed E-state index contributed by atoms with van der Waals surface area (Å²) in [6.45, 7) is 0.256. The van der Waals surface area contributed by atoms with Gasteiger partial charge in [0.25, 0.3) is 5.91 Å². The number of aryl methyl sites for hydroxylation is 1. The van der Waals surface area contributed by atoms with E-state index in [0.29, 0.717) is 5.56 Å². The van der Waals surface area contributed by atoms with E-state index >= 15 is 0 Å². The molecular formula is C28H28N2O3. The topological polar surface area (TPSA) is 66.5 Å². The lowest BCUT2D eigenvalue weighted by atomic mass is 9.98. The maximum absolute atomic E-state index is 13.0. The summed E-state index contributed by atoms with van der Waals surface area (Å²) < 4.78 is 0. The predicted molar refractivity (Wildman–Crippen MR) is 127 cm³/mol. The number of nitrogens with one attached hydrogen (secondary N) is 1. The van der Waals surface area contributed by atoms with Crippen LogP contribution in [0.2, 0.25) is 0 Å². The normalized spacial score (nSPS) is 14.4. The summed E-state index contributed by atoms with van der Waals surface area (Å²) in [5.41, 5.74) is 3.77. The first kappa shape index (κ1) is 22.5. The maximum atomic E-state index is 13.0. The molecule has 1 aliphatic heterocycles. The first-order valence-electron chi connectivity index (χ1n) is 11.4. The van der Waals surface area contributed by atoms with Gasteiger partial charge in [-0.25, -0.2) is 0 Å². The molecule has 3 amide bonds. The number of benzene rings is 3. The Bertz CT molecular complexity index is 1080. The number of carbonyl (C=O) groups is 3. The minimum absolute atomic E-state index is 0.0815. The van der Waals surface area contributed by atoms with Gasteiger partial charge in [0.15, 0.2) is 0 Å². The maximum Gasteiger partial charge on any atom is 0.251 e. The van der Waals surface area contributed by atoms with Gasteiger partial charge in [-0.3, -0.25) is 19.3 Å². The number of rotatable bonds is 9. The average molecular weight is 441 g/mol. The van der Waals surface area contributed by atoms with E-state index in [1.54, 1.807) is 24.3 Å². The van der Waals surface area contributed by atoms with E-state index in [9.17, 15) is 14.4 Å². The van der Waals surface area contributed by atoms with E-state index < -0.39 is 0 Å². The number of carbonyl (C=O) groups excluding carboxylic acids is 3. The van der Waals surface area contributed by atoms with Gasteiger partial charge in [-0.2, -0.15) is 0 Å². The van der Waals surface area contributed by atoms with E-state index in [2.05, 4.69) is 17.4 Å². The Balaban J connectivity index is 1.39. The van der Waals surface area contributed by atoms with Crippen molar-refractivity contribution in [1.29, 1.82) is 0 Å². The van der Waals surface area contributed by atoms with Crippen molar-refractivity contribution in [3.63, 3.8) is 0 Å². The SMILES string of the molecule is O=C(NC(CCCc1ccccc1)c1ccccc1)c1ccc(CN2C(=O)CCC2=O)cc1. The predicted octanol–water partition coefficient (Wildman–Crippen LogP) is 4.83. The molecule has 3 aromatic carbocycles. The zero-order valence-corrected chi connectivity index (χ0v) is 18.6. The van der Waals surface area contributed by atoms with E-state index in [4.69, 9.17) is 0 Å². The molecule has 1 saturated heterocycles. The molecule has 5 heteroatoms. The molecular weight excluding hydrogens is 412 g/mol. The van der Waals surface area contributed by atoms with Crippen LogP contribution in [-0.2, 0) is 22.6 Å². The highest BCUT2D eigenvalue weighted by Gasteiger charge is 2.28. The van der Waals surface area contributed by atoms with Crippen LogP contribution in [0.25, 0.3) is 0 Å². The van der Waals surface area contributed by atoms with Gasteiger partial charge in [-0.15, -0.1) is 0 Å². The zero-order valence-electron chi connectivity index (χ0n) is 18.6. The molecule has 0 aromatic heterocycles. The molecule has 1 N–H and O–H groups in total. The van der Waals surface area contributed by atoms with Crippen molar-refractivity contribution in [3.8, 4) is 0 Å². The van der Waals surface area contributed by atoms with Crippen molar-refractivity contribution < 1.29 is 14.4 Å². The fourth-order valence-electron chi connectivity index (χ4n) is 4.15. The Morgan fingerprint density at radius 1 is 0.788 bits per heavy atom. The molecule has 1 unspecified atom stereocenters. The van der Waals surface area contributed by atoms with Gasteiger partial charge in [0.1, 0.15) is 0 Å². The Hall–Kier alpha value is -3.73. The zero-order chi connectivity index (χ0) is 23.0. The van der Waals surface area contributed by atoms with Gasteiger partial charge in [-0.1, -0.05) is 72.8 Å². The molecule has 33 heavy (non-hydrogen) atoms. The third-order valence-electron chi connectivity index (χ3n) is 6.02. The Morgan fingerprint density at radius 3 is 2.03 bits per heavy atom. The monoisotopic (exact) mass is 440 g/mol. The fourth-order valence-corrected chi connectivity index (χ4v) is 4.15. The standard InChI is InChI=1S/C28H28N2O3/c31-26-18-19-27(32)30(26)20-22-14-16-24(17-15-22)28(33)29-25(23-11-5-2-6-12-23)13-7-10-21-8-3-1-4-9-21/h1-6,8-9,11-12,14-17,25H,7,10,13,18-20H2,(H,29,33). The van der Waals surface area contributed by atoms with Crippen molar-refractivity contribution in [3.05, 3.63) is 107 Å². The third-order valence-corrected chi connectivity index (χ3v) is 6.02. The highest BCUT2D eigenvalue weighted by molar-refractivity contribution is 6.01. The molecule has 1 heterocycles. The van der Waals surface area contributed by atoms with Crippen LogP contribution in [0.5, 0.6) is 0 Å². The molecule has 4 rings (SSSR count). The Kier molecular flexibility index (Phi) is 7.30. The number of hydrogen-bond acceptors (Lipinski definition) is 3. The van der Waals surface area contributed by atoms with Crippen LogP contribution in [0, 0.1) is 0 Å². The summed E-state index contributed by atoms with van der Waals surface area (Å²) in [7, 11) is 0. The van der Waals surface area contributed by atoms with Gasteiger partial charge in [0.2, 0.25) is 11.8 Å². The quantitative estimate of drug-likeness (QED) is 0.485. The minimum Gasteiger partial charge on any atom is -0.345 e. The Morgan fingerprint density at radius 2 is 1.39 bits per heavy atom. The Labute approximate surface area is 194 Å². The number of amides is 3.